The van der Waals surface area contributed by atoms with E-state index in [2.05, 4.69) is 14.8 Å². The largest absolute Gasteiger partial charge is 0.346 e. The third-order valence-electron chi connectivity index (χ3n) is 3.32. The fourth-order valence-corrected chi connectivity index (χ4v) is 2.94. The van der Waals surface area contributed by atoms with Crippen LogP contribution in [0.25, 0.3) is 0 Å². The maximum absolute atomic E-state index is 10.8. The molecule has 5 heteroatoms. The summed E-state index contributed by atoms with van der Waals surface area (Å²) in [7, 11) is 0. The normalized spacial score (nSPS) is 17.1. The molecule has 0 aromatic carbocycles. The molecule has 1 aliphatic rings. The van der Waals surface area contributed by atoms with Crippen molar-refractivity contribution in [1.29, 1.82) is 0 Å². The quantitative estimate of drug-likeness (QED) is 0.739. The Kier molecular flexibility index (Phi) is 5.13. The Morgan fingerprint density at radius 1 is 1.33 bits per heavy atom. The molecule has 0 unspecified atom stereocenters. The SMILES string of the molecule is CC(=O)CCCCN1CCN(c2nccs2)CC1. The summed E-state index contributed by atoms with van der Waals surface area (Å²) in [6.45, 7) is 7.16. The van der Waals surface area contributed by atoms with Crippen molar-refractivity contribution < 1.29 is 4.79 Å². The second kappa shape index (κ2) is 6.85. The fraction of sp³-hybridized carbons (Fsp3) is 0.692. The zero-order chi connectivity index (χ0) is 12.8. The summed E-state index contributed by atoms with van der Waals surface area (Å²) in [5, 5.41) is 3.18. The van der Waals surface area contributed by atoms with Gasteiger partial charge in [0.1, 0.15) is 5.78 Å². The van der Waals surface area contributed by atoms with Gasteiger partial charge in [0, 0.05) is 44.2 Å². The third-order valence-corrected chi connectivity index (χ3v) is 4.15. The van der Waals surface area contributed by atoms with Gasteiger partial charge in [-0.15, -0.1) is 11.3 Å². The zero-order valence-electron chi connectivity index (χ0n) is 11.0. The highest BCUT2D eigenvalue weighted by Crippen LogP contribution is 2.18. The van der Waals surface area contributed by atoms with Crippen molar-refractivity contribution in [3.05, 3.63) is 11.6 Å². The van der Waals surface area contributed by atoms with E-state index in [1.54, 1.807) is 18.3 Å². The number of thiazole rings is 1. The molecule has 0 radical (unpaired) electrons. The van der Waals surface area contributed by atoms with Gasteiger partial charge in [-0.1, -0.05) is 0 Å². The Morgan fingerprint density at radius 3 is 2.72 bits per heavy atom. The van der Waals surface area contributed by atoms with E-state index in [9.17, 15) is 4.79 Å². The van der Waals surface area contributed by atoms with E-state index in [4.69, 9.17) is 0 Å². The first-order chi connectivity index (χ1) is 8.75. The molecule has 100 valence electrons. The smallest absolute Gasteiger partial charge is 0.185 e. The number of piperazine rings is 1. The van der Waals surface area contributed by atoms with Gasteiger partial charge in [0.05, 0.1) is 0 Å². The summed E-state index contributed by atoms with van der Waals surface area (Å²) in [6.07, 6.45) is 4.77. The molecule has 2 rings (SSSR count). The average molecular weight is 267 g/mol. The highest BCUT2D eigenvalue weighted by atomic mass is 32.1. The number of anilines is 1. The van der Waals surface area contributed by atoms with Crippen LogP contribution in [0.4, 0.5) is 5.13 Å². The van der Waals surface area contributed by atoms with Gasteiger partial charge in [-0.05, 0) is 26.3 Å². The van der Waals surface area contributed by atoms with Crippen molar-refractivity contribution in [2.75, 3.05) is 37.6 Å². The summed E-state index contributed by atoms with van der Waals surface area (Å²) in [5.74, 6) is 0.309. The lowest BCUT2D eigenvalue weighted by molar-refractivity contribution is -0.117. The zero-order valence-corrected chi connectivity index (χ0v) is 11.8. The second-order valence-corrected chi connectivity index (χ2v) is 5.68. The molecule has 1 aromatic rings. The average Bonchev–Trinajstić information content (AvgIpc) is 2.89. The van der Waals surface area contributed by atoms with E-state index < -0.39 is 0 Å². The molecule has 1 aromatic heterocycles. The first-order valence-corrected chi connectivity index (χ1v) is 7.50. The molecule has 0 bridgehead atoms. The second-order valence-electron chi connectivity index (χ2n) is 4.80. The molecule has 0 aliphatic carbocycles. The fourth-order valence-electron chi connectivity index (χ4n) is 2.24. The van der Waals surface area contributed by atoms with Crippen molar-refractivity contribution in [2.24, 2.45) is 0 Å². The number of nitrogens with zero attached hydrogens (tertiary/aromatic N) is 3. The summed E-state index contributed by atoms with van der Waals surface area (Å²) in [5.41, 5.74) is 0. The Morgan fingerprint density at radius 2 is 2.11 bits per heavy atom. The van der Waals surface area contributed by atoms with Gasteiger partial charge in [0.15, 0.2) is 5.13 Å². The van der Waals surface area contributed by atoms with Gasteiger partial charge in [0.25, 0.3) is 0 Å². The predicted octanol–water partition coefficient (Wildman–Crippen LogP) is 2.02. The summed E-state index contributed by atoms with van der Waals surface area (Å²) in [4.78, 5) is 20.0. The van der Waals surface area contributed by atoms with Crippen LogP contribution in [0.5, 0.6) is 0 Å². The number of hydrogen-bond acceptors (Lipinski definition) is 5. The van der Waals surface area contributed by atoms with Crippen LogP contribution >= 0.6 is 11.3 Å². The molecule has 0 spiro atoms. The Balaban J connectivity index is 1.63. The Bertz CT molecular complexity index is 358. The van der Waals surface area contributed by atoms with E-state index >= 15 is 0 Å². The van der Waals surface area contributed by atoms with Crippen LogP contribution in [0.3, 0.4) is 0 Å². The first kappa shape index (κ1) is 13.5. The minimum absolute atomic E-state index is 0.309. The number of unbranched alkanes of at least 4 members (excludes halogenated alkanes) is 1. The van der Waals surface area contributed by atoms with Gasteiger partial charge >= 0.3 is 0 Å². The van der Waals surface area contributed by atoms with E-state index in [-0.39, 0.29) is 0 Å². The number of rotatable bonds is 6. The van der Waals surface area contributed by atoms with Crippen LogP contribution in [0, 0.1) is 0 Å². The van der Waals surface area contributed by atoms with E-state index in [0.29, 0.717) is 5.78 Å². The molecule has 0 amide bonds. The topological polar surface area (TPSA) is 36.4 Å². The van der Waals surface area contributed by atoms with Crippen LogP contribution in [-0.4, -0.2) is 48.4 Å². The Hall–Kier alpha value is -0.940. The van der Waals surface area contributed by atoms with Crippen LogP contribution in [0.1, 0.15) is 26.2 Å². The number of Topliss-reactive ketones (excluding diaryl/α,β-unsaturated/α-hetero) is 1. The molecule has 18 heavy (non-hydrogen) atoms. The maximum atomic E-state index is 10.8. The number of ketones is 1. The van der Waals surface area contributed by atoms with Crippen molar-refractivity contribution in [1.82, 2.24) is 9.88 Å². The highest BCUT2D eigenvalue weighted by Gasteiger charge is 2.17. The molecule has 2 heterocycles. The molecule has 0 atom stereocenters. The predicted molar refractivity (Wildman–Crippen MR) is 75.3 cm³/mol. The van der Waals surface area contributed by atoms with Gasteiger partial charge < -0.3 is 9.69 Å². The standard InChI is InChI=1S/C13H21N3OS/c1-12(17)4-2-3-6-15-7-9-16(10-8-15)13-14-5-11-18-13/h5,11H,2-4,6-10H2,1H3. The maximum Gasteiger partial charge on any atom is 0.185 e. The monoisotopic (exact) mass is 267 g/mol. The van der Waals surface area contributed by atoms with Gasteiger partial charge in [0.2, 0.25) is 0 Å². The van der Waals surface area contributed by atoms with Crippen molar-refractivity contribution >= 4 is 22.3 Å². The number of hydrogen-bond donors (Lipinski definition) is 0. The van der Waals surface area contributed by atoms with Crippen molar-refractivity contribution in [3.63, 3.8) is 0 Å². The third kappa shape index (κ3) is 4.07. The molecule has 0 saturated carbocycles. The van der Waals surface area contributed by atoms with Crippen LogP contribution < -0.4 is 4.90 Å². The lowest BCUT2D eigenvalue weighted by Crippen LogP contribution is -2.46. The number of aromatic nitrogens is 1. The summed E-state index contributed by atoms with van der Waals surface area (Å²) in [6, 6.07) is 0. The first-order valence-electron chi connectivity index (χ1n) is 6.62. The van der Waals surface area contributed by atoms with Crippen LogP contribution in [0.2, 0.25) is 0 Å². The summed E-state index contributed by atoms with van der Waals surface area (Å²) < 4.78 is 0. The van der Waals surface area contributed by atoms with Gasteiger partial charge in [-0.2, -0.15) is 0 Å². The minimum Gasteiger partial charge on any atom is -0.346 e. The Labute approximate surface area is 113 Å². The minimum atomic E-state index is 0.309. The van der Waals surface area contributed by atoms with E-state index in [0.717, 1.165) is 57.1 Å². The molecule has 1 aliphatic heterocycles. The van der Waals surface area contributed by atoms with Crippen LogP contribution in [-0.2, 0) is 4.79 Å². The molecule has 4 nitrogen and oxygen atoms in total. The highest BCUT2D eigenvalue weighted by molar-refractivity contribution is 7.13. The van der Waals surface area contributed by atoms with E-state index in [1.807, 2.05) is 11.6 Å². The number of carbonyl (C=O) groups is 1. The molecule has 0 N–H and O–H groups in total. The van der Waals surface area contributed by atoms with Crippen molar-refractivity contribution in [3.8, 4) is 0 Å². The lowest BCUT2D eigenvalue weighted by Gasteiger charge is -2.34. The van der Waals surface area contributed by atoms with Crippen LogP contribution in [0.15, 0.2) is 11.6 Å². The lowest BCUT2D eigenvalue weighted by atomic mass is 10.2. The molecular formula is C13H21N3OS. The van der Waals surface area contributed by atoms with Crippen molar-refractivity contribution in [2.45, 2.75) is 26.2 Å². The molecular weight excluding hydrogens is 246 g/mol. The number of carbonyl (C=O) groups excluding carboxylic acids is 1. The molecule has 1 saturated heterocycles. The van der Waals surface area contributed by atoms with Gasteiger partial charge in [-0.25, -0.2) is 4.98 Å². The summed E-state index contributed by atoms with van der Waals surface area (Å²) >= 11 is 1.71. The van der Waals surface area contributed by atoms with E-state index in [1.165, 1.54) is 0 Å². The van der Waals surface area contributed by atoms with Gasteiger partial charge in [-0.3, -0.25) is 4.90 Å². The molecule has 1 fully saturated rings.